The third-order valence-electron chi connectivity index (χ3n) is 3.56. The quantitative estimate of drug-likeness (QED) is 0.859. The number of hydrogen-bond acceptors (Lipinski definition) is 3. The van der Waals surface area contributed by atoms with E-state index in [-0.39, 0.29) is 29.8 Å². The fourth-order valence-corrected chi connectivity index (χ4v) is 2.50. The van der Waals surface area contributed by atoms with Crippen molar-refractivity contribution >= 4 is 11.8 Å². The van der Waals surface area contributed by atoms with Crippen LogP contribution in [0.15, 0.2) is 18.5 Å². The third-order valence-corrected chi connectivity index (χ3v) is 3.56. The second kappa shape index (κ2) is 6.07. The zero-order valence-electron chi connectivity index (χ0n) is 12.2. The number of carbonyl (C=O) groups excluding carboxylic acids is 2. The predicted molar refractivity (Wildman–Crippen MR) is 74.8 cm³/mol. The van der Waals surface area contributed by atoms with Crippen LogP contribution >= 0.6 is 0 Å². The molecule has 0 unspecified atom stereocenters. The van der Waals surface area contributed by atoms with Crippen molar-refractivity contribution in [2.75, 3.05) is 6.54 Å². The smallest absolute Gasteiger partial charge is 0.225 e. The van der Waals surface area contributed by atoms with Crippen molar-refractivity contribution in [3.05, 3.63) is 18.5 Å². The van der Waals surface area contributed by atoms with Crippen molar-refractivity contribution in [3.63, 3.8) is 0 Å². The van der Waals surface area contributed by atoms with Gasteiger partial charge in [-0.3, -0.25) is 14.3 Å². The highest BCUT2D eigenvalue weighted by molar-refractivity contribution is 5.89. The van der Waals surface area contributed by atoms with Gasteiger partial charge in [0.15, 0.2) is 0 Å². The van der Waals surface area contributed by atoms with Crippen LogP contribution in [0.3, 0.4) is 0 Å². The predicted octanol–water partition coefficient (Wildman–Crippen LogP) is 0.645. The molecule has 2 atom stereocenters. The van der Waals surface area contributed by atoms with Gasteiger partial charge in [0.2, 0.25) is 11.8 Å². The normalized spacial score (nSPS) is 20.5. The van der Waals surface area contributed by atoms with E-state index >= 15 is 0 Å². The Morgan fingerprint density at radius 1 is 1.50 bits per heavy atom. The average molecular weight is 278 g/mol. The Morgan fingerprint density at radius 2 is 2.25 bits per heavy atom. The molecule has 0 radical (unpaired) electrons. The molecule has 1 saturated heterocycles. The number of carbonyl (C=O) groups is 2. The molecular weight excluding hydrogens is 256 g/mol. The van der Waals surface area contributed by atoms with E-state index < -0.39 is 0 Å². The SMILES string of the molecule is CC(C)N1C[C@@H](C(=O)N[C@H](C)Cn2cccn2)CC1=O. The first kappa shape index (κ1) is 14.6. The van der Waals surface area contributed by atoms with Gasteiger partial charge in [-0.05, 0) is 26.8 Å². The number of amides is 2. The molecule has 2 rings (SSSR count). The summed E-state index contributed by atoms with van der Waals surface area (Å²) >= 11 is 0. The van der Waals surface area contributed by atoms with Crippen LogP contribution in [0.4, 0.5) is 0 Å². The summed E-state index contributed by atoms with van der Waals surface area (Å²) in [5.74, 6) is -0.203. The molecular formula is C14H22N4O2. The molecule has 1 aliphatic rings. The summed E-state index contributed by atoms with van der Waals surface area (Å²) in [6, 6.07) is 2.00. The monoisotopic (exact) mass is 278 g/mol. The van der Waals surface area contributed by atoms with Gasteiger partial charge in [-0.1, -0.05) is 0 Å². The summed E-state index contributed by atoms with van der Waals surface area (Å²) in [4.78, 5) is 25.7. The number of hydrogen-bond donors (Lipinski definition) is 1. The largest absolute Gasteiger partial charge is 0.351 e. The lowest BCUT2D eigenvalue weighted by atomic mass is 10.1. The summed E-state index contributed by atoms with van der Waals surface area (Å²) in [5, 5.41) is 7.07. The second-order valence-corrected chi connectivity index (χ2v) is 5.68. The maximum atomic E-state index is 12.2. The molecule has 110 valence electrons. The van der Waals surface area contributed by atoms with Crippen LogP contribution in [-0.2, 0) is 16.1 Å². The molecule has 0 aliphatic carbocycles. The van der Waals surface area contributed by atoms with Crippen molar-refractivity contribution in [1.29, 1.82) is 0 Å². The van der Waals surface area contributed by atoms with E-state index in [1.807, 2.05) is 33.0 Å². The van der Waals surface area contributed by atoms with Crippen molar-refractivity contribution in [1.82, 2.24) is 20.0 Å². The molecule has 1 fully saturated rings. The standard InChI is InChI=1S/C14H22N4O2/c1-10(2)18-9-12(7-13(18)19)14(20)16-11(3)8-17-6-4-5-15-17/h4-6,10-12H,7-9H2,1-3H3,(H,16,20)/t11-,12+/m1/s1. The molecule has 6 heteroatoms. The summed E-state index contributed by atoms with van der Waals surface area (Å²) < 4.78 is 1.78. The van der Waals surface area contributed by atoms with E-state index in [1.54, 1.807) is 15.8 Å². The topological polar surface area (TPSA) is 67.2 Å². The Balaban J connectivity index is 1.85. The van der Waals surface area contributed by atoms with Gasteiger partial charge in [-0.2, -0.15) is 5.10 Å². The van der Waals surface area contributed by atoms with Gasteiger partial charge in [0.1, 0.15) is 0 Å². The van der Waals surface area contributed by atoms with Crippen LogP contribution in [-0.4, -0.2) is 45.1 Å². The first-order valence-electron chi connectivity index (χ1n) is 7.04. The highest BCUT2D eigenvalue weighted by Crippen LogP contribution is 2.20. The maximum Gasteiger partial charge on any atom is 0.225 e. The van der Waals surface area contributed by atoms with Crippen LogP contribution < -0.4 is 5.32 Å². The summed E-state index contributed by atoms with van der Waals surface area (Å²) in [5.41, 5.74) is 0. The van der Waals surface area contributed by atoms with Crippen LogP contribution in [0.5, 0.6) is 0 Å². The van der Waals surface area contributed by atoms with Gasteiger partial charge in [0, 0.05) is 37.4 Å². The van der Waals surface area contributed by atoms with E-state index in [9.17, 15) is 9.59 Å². The van der Waals surface area contributed by atoms with Crippen LogP contribution in [0.2, 0.25) is 0 Å². The Kier molecular flexibility index (Phi) is 4.42. The molecule has 6 nitrogen and oxygen atoms in total. The Labute approximate surface area is 119 Å². The van der Waals surface area contributed by atoms with Gasteiger partial charge < -0.3 is 10.2 Å². The van der Waals surface area contributed by atoms with Crippen molar-refractivity contribution < 1.29 is 9.59 Å². The van der Waals surface area contributed by atoms with Crippen LogP contribution in [0.1, 0.15) is 27.2 Å². The Hall–Kier alpha value is -1.85. The van der Waals surface area contributed by atoms with Crippen LogP contribution in [0, 0.1) is 5.92 Å². The van der Waals surface area contributed by atoms with E-state index in [0.29, 0.717) is 19.5 Å². The first-order valence-corrected chi connectivity index (χ1v) is 7.04. The maximum absolute atomic E-state index is 12.2. The fourth-order valence-electron chi connectivity index (χ4n) is 2.50. The molecule has 0 spiro atoms. The van der Waals surface area contributed by atoms with Crippen molar-refractivity contribution in [3.8, 4) is 0 Å². The Bertz CT molecular complexity index is 470. The zero-order valence-corrected chi connectivity index (χ0v) is 12.2. The minimum Gasteiger partial charge on any atom is -0.351 e. The number of nitrogens with zero attached hydrogens (tertiary/aromatic N) is 3. The lowest BCUT2D eigenvalue weighted by Gasteiger charge is -2.21. The fraction of sp³-hybridized carbons (Fsp3) is 0.643. The number of nitrogens with one attached hydrogen (secondary N) is 1. The Morgan fingerprint density at radius 3 is 2.80 bits per heavy atom. The van der Waals surface area contributed by atoms with Gasteiger partial charge in [0.05, 0.1) is 12.5 Å². The summed E-state index contributed by atoms with van der Waals surface area (Å²) in [6.45, 7) is 7.04. The molecule has 0 saturated carbocycles. The van der Waals surface area contributed by atoms with Crippen molar-refractivity contribution in [2.45, 2.75) is 45.8 Å². The molecule has 0 bridgehead atoms. The molecule has 20 heavy (non-hydrogen) atoms. The average Bonchev–Trinajstić information content (AvgIpc) is 2.98. The molecule has 2 amide bonds. The third kappa shape index (κ3) is 3.37. The molecule has 2 heterocycles. The van der Waals surface area contributed by atoms with Gasteiger partial charge >= 0.3 is 0 Å². The van der Waals surface area contributed by atoms with Gasteiger partial charge in [-0.25, -0.2) is 0 Å². The minimum atomic E-state index is -0.232. The van der Waals surface area contributed by atoms with E-state index in [4.69, 9.17) is 0 Å². The number of aromatic nitrogens is 2. The lowest BCUT2D eigenvalue weighted by molar-refractivity contribution is -0.130. The molecule has 0 aromatic carbocycles. The zero-order chi connectivity index (χ0) is 14.7. The van der Waals surface area contributed by atoms with Crippen molar-refractivity contribution in [2.24, 2.45) is 5.92 Å². The highest BCUT2D eigenvalue weighted by Gasteiger charge is 2.35. The molecule has 1 N–H and O–H groups in total. The van der Waals surface area contributed by atoms with E-state index in [0.717, 1.165) is 0 Å². The van der Waals surface area contributed by atoms with E-state index in [1.165, 1.54) is 0 Å². The van der Waals surface area contributed by atoms with E-state index in [2.05, 4.69) is 10.4 Å². The first-order chi connectivity index (χ1) is 9.47. The number of likely N-dealkylation sites (tertiary alicyclic amines) is 1. The molecule has 1 aromatic heterocycles. The van der Waals surface area contributed by atoms with Gasteiger partial charge in [-0.15, -0.1) is 0 Å². The summed E-state index contributed by atoms with van der Waals surface area (Å²) in [7, 11) is 0. The van der Waals surface area contributed by atoms with Crippen LogP contribution in [0.25, 0.3) is 0 Å². The second-order valence-electron chi connectivity index (χ2n) is 5.68. The molecule has 1 aliphatic heterocycles. The lowest BCUT2D eigenvalue weighted by Crippen LogP contribution is -2.41. The summed E-state index contributed by atoms with van der Waals surface area (Å²) in [6.07, 6.45) is 3.89. The minimum absolute atomic E-state index is 0.00870. The molecule has 1 aromatic rings. The number of rotatable bonds is 5. The van der Waals surface area contributed by atoms with Gasteiger partial charge in [0.25, 0.3) is 0 Å². The highest BCUT2D eigenvalue weighted by atomic mass is 16.2.